The van der Waals surface area contributed by atoms with Gasteiger partial charge in [-0.15, -0.1) is 0 Å². The third kappa shape index (κ3) is 6.02. The minimum atomic E-state index is -8.61. The monoisotopic (exact) mass is 594 g/mol. The van der Waals surface area contributed by atoms with Crippen molar-refractivity contribution in [2.24, 2.45) is 0 Å². The van der Waals surface area contributed by atoms with Crippen molar-refractivity contribution < 1.29 is 84.2 Å². The quantitative estimate of drug-likeness (QED) is 0.119. The van der Waals surface area contributed by atoms with Crippen molar-refractivity contribution in [1.29, 1.82) is 0 Å². The summed E-state index contributed by atoms with van der Waals surface area (Å²) in [6, 6.07) is 0. The van der Waals surface area contributed by atoms with E-state index < -0.39 is 72.9 Å². The first-order valence-corrected chi connectivity index (χ1v) is 10.2. The molecule has 0 unspecified atom stereocenters. The van der Waals surface area contributed by atoms with Crippen LogP contribution in [-0.2, 0) is 9.53 Å². The highest BCUT2D eigenvalue weighted by molar-refractivity contribution is 7.99. The molecule has 20 heteroatoms. The smallest absolute Gasteiger partial charge is 0.460 e. The Morgan fingerprint density at radius 3 is 1.36 bits per heavy atom. The van der Waals surface area contributed by atoms with Crippen LogP contribution in [0.5, 0.6) is 0 Å². The predicted octanol–water partition coefficient (Wildman–Crippen LogP) is 7.46. The van der Waals surface area contributed by atoms with E-state index in [-0.39, 0.29) is 18.1 Å². The number of thioether (sulfide) groups is 1. The van der Waals surface area contributed by atoms with Crippen LogP contribution < -0.4 is 0 Å². The zero-order chi connectivity index (χ0) is 29.2. The first-order chi connectivity index (χ1) is 15.7. The summed E-state index contributed by atoms with van der Waals surface area (Å²) in [4.78, 5) is 10.5. The van der Waals surface area contributed by atoms with E-state index in [4.69, 9.17) is 0 Å². The maximum atomic E-state index is 13.7. The van der Waals surface area contributed by atoms with Crippen LogP contribution in [-0.4, -0.2) is 71.7 Å². The van der Waals surface area contributed by atoms with Crippen molar-refractivity contribution >= 4 is 17.7 Å². The fourth-order valence-electron chi connectivity index (χ4n) is 2.25. The van der Waals surface area contributed by atoms with Crippen molar-refractivity contribution in [2.45, 2.75) is 73.8 Å². The Morgan fingerprint density at radius 2 is 0.972 bits per heavy atom. The van der Waals surface area contributed by atoms with E-state index >= 15 is 0 Å². The molecule has 0 aliphatic carbocycles. The Kier molecular flexibility index (Phi) is 10.4. The maximum Gasteiger partial charge on any atom is 0.460 e. The van der Waals surface area contributed by atoms with E-state index in [1.165, 1.54) is 0 Å². The molecule has 0 N–H and O–H groups in total. The molecule has 216 valence electrons. The Bertz CT molecular complexity index is 747. The van der Waals surface area contributed by atoms with Gasteiger partial charge < -0.3 is 4.74 Å². The predicted molar refractivity (Wildman–Crippen MR) is 88.5 cm³/mol. The van der Waals surface area contributed by atoms with E-state index in [1.807, 2.05) is 0 Å². The van der Waals surface area contributed by atoms with Gasteiger partial charge in [-0.3, -0.25) is 4.79 Å². The largest absolute Gasteiger partial charge is 0.465 e. The van der Waals surface area contributed by atoms with Gasteiger partial charge in [-0.05, 0) is 18.6 Å². The summed E-state index contributed by atoms with van der Waals surface area (Å²) in [5, 5.41) is 0. The molecule has 0 saturated carbocycles. The lowest BCUT2D eigenvalue weighted by molar-refractivity contribution is -0.461. The molecule has 0 rings (SSSR count). The molecule has 2 nitrogen and oxygen atoms in total. The third-order valence-corrected chi connectivity index (χ3v) is 5.38. The Hall–Kier alpha value is -1.37. The maximum absolute atomic E-state index is 13.7. The van der Waals surface area contributed by atoms with Crippen molar-refractivity contribution in [3.05, 3.63) is 0 Å². The van der Waals surface area contributed by atoms with Gasteiger partial charge >= 0.3 is 53.6 Å². The van der Waals surface area contributed by atoms with Gasteiger partial charge in [0.15, 0.2) is 0 Å². The normalized spacial score (nSPS) is 15.3. The minimum absolute atomic E-state index is 0.0439. The van der Waals surface area contributed by atoms with Gasteiger partial charge in [-0.25, -0.2) is 0 Å². The van der Waals surface area contributed by atoms with E-state index in [9.17, 15) is 79.4 Å². The molecule has 0 aliphatic rings. The molecule has 0 heterocycles. The van der Waals surface area contributed by atoms with Gasteiger partial charge in [0.2, 0.25) is 0 Å². The third-order valence-electron chi connectivity index (χ3n) is 4.35. The SMILES string of the molecule is CC(=O)OCCSCCCCC(F)(F)C(F)(F)C(F)(F)C(F)(F)C(F)(F)C(F)(F)C(F)(F)C(F)(F)F. The summed E-state index contributed by atoms with van der Waals surface area (Å²) in [6.45, 7) is 0.854. The zero-order valence-corrected chi connectivity index (χ0v) is 18.2. The van der Waals surface area contributed by atoms with Crippen LogP contribution in [0.4, 0.5) is 74.6 Å². The number of carbonyl (C=O) groups is 1. The van der Waals surface area contributed by atoms with Gasteiger partial charge in [0, 0.05) is 19.1 Å². The van der Waals surface area contributed by atoms with Gasteiger partial charge in [-0.2, -0.15) is 86.4 Å². The standard InChI is InChI=1S/C16H15F17O2S/c1-8(34)35-5-7-36-6-3-2-4-9(17,18)10(19,20)11(21,22)12(23,24)13(25,26)14(27,28)15(29,30)16(31,32)33/h2-7H2,1H3. The Morgan fingerprint density at radius 1 is 0.583 bits per heavy atom. The second kappa shape index (κ2) is 10.8. The average molecular weight is 594 g/mol. The molecule has 0 amide bonds. The number of alkyl halides is 17. The highest BCUT2D eigenvalue weighted by Gasteiger charge is 2.95. The lowest BCUT2D eigenvalue weighted by Crippen LogP contribution is -2.74. The molecule has 0 spiro atoms. The Balaban J connectivity index is 5.76. The topological polar surface area (TPSA) is 26.3 Å². The molecule has 0 saturated heterocycles. The average Bonchev–Trinajstić information content (AvgIpc) is 2.67. The summed E-state index contributed by atoms with van der Waals surface area (Å²) >= 11 is 0.850. The number of hydrogen-bond acceptors (Lipinski definition) is 3. The summed E-state index contributed by atoms with van der Waals surface area (Å²) in [7, 11) is 0. The number of unbranched alkanes of at least 4 members (excludes halogenated alkanes) is 1. The molecule has 0 aromatic rings. The molecule has 0 aliphatic heterocycles. The number of hydrogen-bond donors (Lipinski definition) is 0. The molecule has 0 radical (unpaired) electrons. The Labute approximate surface area is 194 Å². The second-order valence-electron chi connectivity index (χ2n) is 7.06. The molecule has 0 atom stereocenters. The molecule has 36 heavy (non-hydrogen) atoms. The fourth-order valence-corrected chi connectivity index (χ4v) is 3.06. The van der Waals surface area contributed by atoms with E-state index in [1.54, 1.807) is 0 Å². The number of halogens is 17. The fraction of sp³-hybridized carbons (Fsp3) is 0.938. The molecule has 0 aromatic heterocycles. The van der Waals surface area contributed by atoms with Crippen LogP contribution in [0, 0.1) is 0 Å². The van der Waals surface area contributed by atoms with E-state index in [0.29, 0.717) is 0 Å². The number of rotatable bonds is 14. The van der Waals surface area contributed by atoms with Gasteiger partial charge in [0.25, 0.3) is 0 Å². The van der Waals surface area contributed by atoms with Gasteiger partial charge in [0.05, 0.1) is 0 Å². The van der Waals surface area contributed by atoms with Crippen molar-refractivity contribution in [2.75, 3.05) is 18.1 Å². The number of ether oxygens (including phenoxy) is 1. The van der Waals surface area contributed by atoms with Crippen LogP contribution >= 0.6 is 11.8 Å². The summed E-state index contributed by atoms with van der Waals surface area (Å²) in [5.74, 6) is -56.9. The van der Waals surface area contributed by atoms with Crippen molar-refractivity contribution in [1.82, 2.24) is 0 Å². The summed E-state index contributed by atoms with van der Waals surface area (Å²) in [6.07, 6.45) is -11.9. The van der Waals surface area contributed by atoms with E-state index in [2.05, 4.69) is 4.74 Å². The first-order valence-electron chi connectivity index (χ1n) is 9.09. The van der Waals surface area contributed by atoms with Crippen LogP contribution in [0.1, 0.15) is 26.2 Å². The van der Waals surface area contributed by atoms with Crippen LogP contribution in [0.3, 0.4) is 0 Å². The second-order valence-corrected chi connectivity index (χ2v) is 8.28. The summed E-state index contributed by atoms with van der Waals surface area (Å²) in [5.41, 5.74) is 0. The highest BCUT2D eigenvalue weighted by Crippen LogP contribution is 2.64. The van der Waals surface area contributed by atoms with Crippen LogP contribution in [0.15, 0.2) is 0 Å². The minimum Gasteiger partial charge on any atom is -0.465 e. The molecular formula is C16H15F17O2S. The molecule has 0 aromatic carbocycles. The van der Waals surface area contributed by atoms with Gasteiger partial charge in [-0.1, -0.05) is 0 Å². The zero-order valence-electron chi connectivity index (χ0n) is 17.4. The van der Waals surface area contributed by atoms with Crippen molar-refractivity contribution in [3.63, 3.8) is 0 Å². The molecule has 0 bridgehead atoms. The lowest BCUT2D eigenvalue weighted by atomic mass is 9.88. The highest BCUT2D eigenvalue weighted by atomic mass is 32.2. The molecule has 0 fully saturated rings. The van der Waals surface area contributed by atoms with Gasteiger partial charge in [0.1, 0.15) is 6.61 Å². The summed E-state index contributed by atoms with van der Waals surface area (Å²) < 4.78 is 228. The van der Waals surface area contributed by atoms with E-state index in [0.717, 1.165) is 18.7 Å². The molecular weight excluding hydrogens is 579 g/mol. The van der Waals surface area contributed by atoms with Crippen LogP contribution in [0.25, 0.3) is 0 Å². The van der Waals surface area contributed by atoms with Crippen LogP contribution in [0.2, 0.25) is 0 Å². The number of carbonyl (C=O) groups excluding carboxylic acids is 1. The lowest BCUT2D eigenvalue weighted by Gasteiger charge is -2.42. The van der Waals surface area contributed by atoms with Crippen molar-refractivity contribution in [3.8, 4) is 0 Å². The first kappa shape index (κ1) is 34.6. The number of esters is 1.